The van der Waals surface area contributed by atoms with Gasteiger partial charge in [-0.25, -0.2) is 18.0 Å². The van der Waals surface area contributed by atoms with Crippen molar-refractivity contribution in [2.75, 3.05) is 26.0 Å². The van der Waals surface area contributed by atoms with E-state index in [9.17, 15) is 14.0 Å². The lowest BCUT2D eigenvalue weighted by Gasteiger charge is -2.44. The lowest BCUT2D eigenvalue weighted by molar-refractivity contribution is -0.136. The lowest BCUT2D eigenvalue weighted by Crippen LogP contribution is -2.48. The molecular weight excluding hydrogens is 459 g/mol. The predicted molar refractivity (Wildman–Crippen MR) is 128 cm³/mol. The summed E-state index contributed by atoms with van der Waals surface area (Å²) in [5, 5.41) is 11.7. The van der Waals surface area contributed by atoms with Gasteiger partial charge in [0.2, 0.25) is 0 Å². The summed E-state index contributed by atoms with van der Waals surface area (Å²) >= 11 is 0. The van der Waals surface area contributed by atoms with Crippen LogP contribution < -0.4 is 5.32 Å². The average Bonchev–Trinajstić information content (AvgIpc) is 2.72. The molecule has 0 fully saturated rings. The molecular formula is C26H32F3N3O3. The molecule has 0 aromatic heterocycles. The van der Waals surface area contributed by atoms with Crippen molar-refractivity contribution in [3.63, 3.8) is 0 Å². The van der Waals surface area contributed by atoms with Crippen molar-refractivity contribution in [2.24, 2.45) is 0 Å². The smallest absolute Gasteiger partial charge is 0.321 e. The number of hydrogen-bond acceptors (Lipinski definition) is 3. The van der Waals surface area contributed by atoms with Gasteiger partial charge in [0.15, 0.2) is 0 Å². The van der Waals surface area contributed by atoms with Crippen molar-refractivity contribution in [2.45, 2.75) is 57.8 Å². The van der Waals surface area contributed by atoms with E-state index < -0.39 is 29.3 Å². The number of hydrogen-bond donors (Lipinski definition) is 2. The Hall–Kier alpha value is -3.07. The number of carboxylic acid groups (broad SMARTS) is 1. The van der Waals surface area contributed by atoms with E-state index in [4.69, 9.17) is 5.11 Å². The van der Waals surface area contributed by atoms with Gasteiger partial charge in [-0.3, -0.25) is 9.69 Å². The van der Waals surface area contributed by atoms with E-state index in [2.05, 4.69) is 5.32 Å². The molecule has 0 radical (unpaired) electrons. The number of carbonyl (C=O) groups is 2. The van der Waals surface area contributed by atoms with E-state index in [0.717, 1.165) is 17.7 Å². The first-order valence-electron chi connectivity index (χ1n) is 11.5. The number of amides is 2. The number of aliphatic carboxylic acids is 1. The van der Waals surface area contributed by atoms with Crippen molar-refractivity contribution >= 4 is 17.7 Å². The van der Waals surface area contributed by atoms with E-state index in [1.165, 1.54) is 18.7 Å². The van der Waals surface area contributed by atoms with Crippen molar-refractivity contribution in [1.29, 1.82) is 0 Å². The summed E-state index contributed by atoms with van der Waals surface area (Å²) < 4.78 is 45.6. The largest absolute Gasteiger partial charge is 0.481 e. The summed E-state index contributed by atoms with van der Waals surface area (Å²) in [4.78, 5) is 26.1. The number of halogens is 3. The lowest BCUT2D eigenvalue weighted by atomic mass is 9.83. The van der Waals surface area contributed by atoms with Crippen LogP contribution in [0.25, 0.3) is 0 Å². The number of carboxylic acids is 1. The Morgan fingerprint density at radius 1 is 1.17 bits per heavy atom. The fourth-order valence-electron chi connectivity index (χ4n) is 4.53. The SMILES string of the molecule is CC1Cc2cc(NC(=O)N(C)C)ccc2C(c2c(F)cc(CCC(=O)O)cc2F)N1CC(C)(C)F. The zero-order valence-corrected chi connectivity index (χ0v) is 20.7. The van der Waals surface area contributed by atoms with Gasteiger partial charge in [-0.15, -0.1) is 0 Å². The van der Waals surface area contributed by atoms with Crippen LogP contribution in [0.2, 0.25) is 0 Å². The number of aryl methyl sites for hydroxylation is 1. The fourth-order valence-corrected chi connectivity index (χ4v) is 4.53. The maximum atomic E-state index is 15.4. The molecule has 0 saturated heterocycles. The second-order valence-corrected chi connectivity index (χ2v) is 9.95. The highest BCUT2D eigenvalue weighted by molar-refractivity contribution is 5.89. The first-order valence-corrected chi connectivity index (χ1v) is 11.5. The highest BCUT2D eigenvalue weighted by Gasteiger charge is 2.39. The zero-order valence-electron chi connectivity index (χ0n) is 20.7. The Kier molecular flexibility index (Phi) is 7.79. The molecule has 2 N–H and O–H groups in total. The van der Waals surface area contributed by atoms with E-state index in [0.29, 0.717) is 17.7 Å². The van der Waals surface area contributed by atoms with Crippen molar-refractivity contribution < 1.29 is 27.9 Å². The molecule has 35 heavy (non-hydrogen) atoms. The highest BCUT2D eigenvalue weighted by Crippen LogP contribution is 2.42. The van der Waals surface area contributed by atoms with E-state index in [-0.39, 0.29) is 42.6 Å². The molecule has 190 valence electrons. The maximum absolute atomic E-state index is 15.4. The Balaban J connectivity index is 2.10. The Labute approximate surface area is 203 Å². The molecule has 1 aliphatic heterocycles. The molecule has 2 aromatic rings. The molecule has 0 bridgehead atoms. The van der Waals surface area contributed by atoms with Crippen LogP contribution in [0.3, 0.4) is 0 Å². The van der Waals surface area contributed by atoms with Crippen LogP contribution in [0.1, 0.15) is 55.5 Å². The number of urea groups is 1. The average molecular weight is 492 g/mol. The molecule has 0 aliphatic carbocycles. The third-order valence-electron chi connectivity index (χ3n) is 6.11. The standard InChI is InChI=1S/C26H32F3N3O3/c1-15-10-17-13-18(30-25(35)31(4)5)7-8-19(17)24(32(15)14-26(2,3)29)23-20(27)11-16(12-21(23)28)6-9-22(33)34/h7-8,11-13,15,24H,6,9-10,14H2,1-5H3,(H,30,35)(H,33,34). The number of nitrogens with zero attached hydrogens (tertiary/aromatic N) is 2. The molecule has 0 spiro atoms. The minimum absolute atomic E-state index is 0.00271. The number of rotatable bonds is 7. The normalized spacial score (nSPS) is 18.2. The molecule has 1 heterocycles. The number of anilines is 1. The topological polar surface area (TPSA) is 72.9 Å². The number of alkyl halides is 1. The van der Waals surface area contributed by atoms with Crippen LogP contribution in [0, 0.1) is 11.6 Å². The predicted octanol–water partition coefficient (Wildman–Crippen LogP) is 5.16. The van der Waals surface area contributed by atoms with E-state index >= 15 is 8.78 Å². The molecule has 3 rings (SSSR count). The monoisotopic (exact) mass is 491 g/mol. The van der Waals surface area contributed by atoms with E-state index in [1.54, 1.807) is 37.2 Å². The zero-order chi connectivity index (χ0) is 26.1. The van der Waals surface area contributed by atoms with Crippen molar-refractivity contribution in [3.05, 3.63) is 64.2 Å². The summed E-state index contributed by atoms with van der Waals surface area (Å²) in [6.07, 6.45) is 0.260. The fraction of sp³-hybridized carbons (Fsp3) is 0.462. The first kappa shape index (κ1) is 26.5. The van der Waals surface area contributed by atoms with Gasteiger partial charge in [-0.2, -0.15) is 0 Å². The Morgan fingerprint density at radius 3 is 2.34 bits per heavy atom. The second-order valence-electron chi connectivity index (χ2n) is 9.95. The quantitative estimate of drug-likeness (QED) is 0.561. The summed E-state index contributed by atoms with van der Waals surface area (Å²) in [7, 11) is 3.24. The van der Waals surface area contributed by atoms with Crippen LogP contribution in [0.15, 0.2) is 30.3 Å². The third-order valence-corrected chi connectivity index (χ3v) is 6.11. The number of nitrogens with one attached hydrogen (secondary N) is 1. The maximum Gasteiger partial charge on any atom is 0.321 e. The molecule has 2 amide bonds. The second kappa shape index (κ2) is 10.3. The summed E-state index contributed by atoms with van der Waals surface area (Å²) in [5.74, 6) is -2.66. The van der Waals surface area contributed by atoms with Crippen LogP contribution in [0.4, 0.5) is 23.7 Å². The third kappa shape index (κ3) is 6.33. The van der Waals surface area contributed by atoms with Crippen LogP contribution in [0.5, 0.6) is 0 Å². The summed E-state index contributed by atoms with van der Waals surface area (Å²) in [6.45, 7) is 4.68. The van der Waals surface area contributed by atoms with Gasteiger partial charge in [0.25, 0.3) is 0 Å². The van der Waals surface area contributed by atoms with Gasteiger partial charge in [0.1, 0.15) is 17.3 Å². The molecule has 0 saturated carbocycles. The molecule has 6 nitrogen and oxygen atoms in total. The van der Waals surface area contributed by atoms with Gasteiger partial charge in [-0.1, -0.05) is 6.07 Å². The van der Waals surface area contributed by atoms with E-state index in [1.807, 2.05) is 6.92 Å². The molecule has 1 aliphatic rings. The van der Waals surface area contributed by atoms with Crippen LogP contribution in [-0.4, -0.2) is 59.3 Å². The highest BCUT2D eigenvalue weighted by atomic mass is 19.1. The van der Waals surface area contributed by atoms with Crippen LogP contribution >= 0.6 is 0 Å². The number of benzene rings is 2. The Bertz CT molecular complexity index is 1090. The minimum atomic E-state index is -1.61. The minimum Gasteiger partial charge on any atom is -0.481 e. The number of fused-ring (bicyclic) bond motifs is 1. The summed E-state index contributed by atoms with van der Waals surface area (Å²) in [6, 6.07) is 6.04. The van der Waals surface area contributed by atoms with Crippen molar-refractivity contribution in [3.8, 4) is 0 Å². The number of carbonyl (C=O) groups excluding carboxylic acids is 1. The first-order chi connectivity index (χ1) is 16.3. The van der Waals surface area contributed by atoms with Gasteiger partial charge in [-0.05, 0) is 74.6 Å². The molecule has 2 aromatic carbocycles. The summed E-state index contributed by atoms with van der Waals surface area (Å²) in [5.41, 5.74) is 0.420. The van der Waals surface area contributed by atoms with Gasteiger partial charge in [0, 0.05) is 44.4 Å². The molecule has 2 atom stereocenters. The van der Waals surface area contributed by atoms with Gasteiger partial charge >= 0.3 is 12.0 Å². The Morgan fingerprint density at radius 2 is 1.80 bits per heavy atom. The molecule has 2 unspecified atom stereocenters. The van der Waals surface area contributed by atoms with Crippen molar-refractivity contribution in [1.82, 2.24) is 9.80 Å². The molecule has 9 heteroatoms. The van der Waals surface area contributed by atoms with Gasteiger partial charge in [0.05, 0.1) is 6.04 Å². The van der Waals surface area contributed by atoms with Crippen LogP contribution in [-0.2, 0) is 17.6 Å². The van der Waals surface area contributed by atoms with Gasteiger partial charge < -0.3 is 15.3 Å².